The lowest BCUT2D eigenvalue weighted by Gasteiger charge is -2.01. The van der Waals surface area contributed by atoms with E-state index in [1.807, 2.05) is 49.5 Å². The van der Waals surface area contributed by atoms with E-state index in [2.05, 4.69) is 32.7 Å². The molecule has 2 aromatic carbocycles. The highest BCUT2D eigenvalue weighted by Crippen LogP contribution is 2.30. The number of hydrogen-bond acceptors (Lipinski definition) is 3. The largest absolute Gasteiger partial charge is 0.272 e. The van der Waals surface area contributed by atoms with Crippen molar-refractivity contribution in [3.63, 3.8) is 0 Å². The second-order valence-electron chi connectivity index (χ2n) is 4.86. The van der Waals surface area contributed by atoms with Crippen molar-refractivity contribution in [3.05, 3.63) is 66.6 Å². The topological polar surface area (TPSA) is 30.7 Å². The van der Waals surface area contributed by atoms with Crippen LogP contribution < -0.4 is 0 Å². The maximum atomic E-state index is 4.60. The van der Waals surface area contributed by atoms with Crippen molar-refractivity contribution < 1.29 is 0 Å². The van der Waals surface area contributed by atoms with Crippen LogP contribution in [0.2, 0.25) is 0 Å². The van der Waals surface area contributed by atoms with E-state index in [9.17, 15) is 0 Å². The van der Waals surface area contributed by atoms with Crippen molar-refractivity contribution in [1.29, 1.82) is 0 Å². The molecule has 0 radical (unpaired) electrons. The first-order valence-corrected chi connectivity index (χ1v) is 7.60. The molecule has 0 amide bonds. The third-order valence-electron chi connectivity index (χ3n) is 3.47. The summed E-state index contributed by atoms with van der Waals surface area (Å²) in [6.07, 6.45) is 1.93. The van der Waals surface area contributed by atoms with E-state index in [1.54, 1.807) is 11.3 Å². The molecule has 4 rings (SSSR count). The zero-order valence-corrected chi connectivity index (χ0v) is 12.3. The number of fused-ring (bicyclic) bond motifs is 1. The molecule has 0 N–H and O–H groups in total. The summed E-state index contributed by atoms with van der Waals surface area (Å²) < 4.78 is 2.12. The molecule has 0 fully saturated rings. The second kappa shape index (κ2) is 4.82. The zero-order valence-electron chi connectivity index (χ0n) is 11.5. The lowest BCUT2D eigenvalue weighted by atomic mass is 10.2. The van der Waals surface area contributed by atoms with E-state index < -0.39 is 0 Å². The quantitative estimate of drug-likeness (QED) is 0.546. The standard InChI is InChI=1S/C17H13N3S/c1-12-19-14-9-5-6-10-15(14)20(12)17-18-11-16(21-17)13-7-3-2-4-8-13/h2-11H,1H3. The predicted molar refractivity (Wildman–Crippen MR) is 86.9 cm³/mol. The number of para-hydroxylation sites is 2. The number of benzene rings is 2. The Bertz CT molecular complexity index is 906. The fraction of sp³-hybridized carbons (Fsp3) is 0.0588. The Morgan fingerprint density at radius 2 is 1.71 bits per heavy atom. The van der Waals surface area contributed by atoms with E-state index >= 15 is 0 Å². The molecule has 0 aliphatic rings. The summed E-state index contributed by atoms with van der Waals surface area (Å²) in [6, 6.07) is 18.5. The highest BCUT2D eigenvalue weighted by Gasteiger charge is 2.12. The van der Waals surface area contributed by atoms with Crippen LogP contribution >= 0.6 is 11.3 Å². The maximum absolute atomic E-state index is 4.60. The number of aromatic nitrogens is 3. The summed E-state index contributed by atoms with van der Waals surface area (Å²) in [4.78, 5) is 10.4. The molecule has 3 nitrogen and oxygen atoms in total. The molecular formula is C17H13N3S. The predicted octanol–water partition coefficient (Wildman–Crippen LogP) is 4.46. The molecule has 0 bridgehead atoms. The molecule has 2 heterocycles. The number of rotatable bonds is 2. The minimum absolute atomic E-state index is 0.958. The minimum Gasteiger partial charge on any atom is -0.272 e. The summed E-state index contributed by atoms with van der Waals surface area (Å²) in [7, 11) is 0. The van der Waals surface area contributed by atoms with Crippen LogP contribution in [0.3, 0.4) is 0 Å². The van der Waals surface area contributed by atoms with E-state index in [0.29, 0.717) is 0 Å². The molecule has 0 saturated carbocycles. The third kappa shape index (κ3) is 2.04. The molecule has 102 valence electrons. The smallest absolute Gasteiger partial charge is 0.196 e. The molecule has 2 aromatic heterocycles. The summed E-state index contributed by atoms with van der Waals surface area (Å²) in [6.45, 7) is 2.02. The Labute approximate surface area is 126 Å². The van der Waals surface area contributed by atoms with E-state index in [0.717, 1.165) is 22.0 Å². The van der Waals surface area contributed by atoms with Crippen molar-refractivity contribution in [2.24, 2.45) is 0 Å². The van der Waals surface area contributed by atoms with Crippen molar-refractivity contribution in [2.45, 2.75) is 6.92 Å². The first kappa shape index (κ1) is 12.3. The first-order valence-electron chi connectivity index (χ1n) is 6.78. The summed E-state index contributed by atoms with van der Waals surface area (Å²) >= 11 is 1.68. The van der Waals surface area contributed by atoms with Crippen LogP contribution in [0.15, 0.2) is 60.8 Å². The fourth-order valence-electron chi connectivity index (χ4n) is 2.49. The molecule has 21 heavy (non-hydrogen) atoms. The Morgan fingerprint density at radius 3 is 2.57 bits per heavy atom. The Hall–Kier alpha value is -2.46. The molecule has 0 unspecified atom stereocenters. The monoisotopic (exact) mass is 291 g/mol. The van der Waals surface area contributed by atoms with Gasteiger partial charge in [-0.1, -0.05) is 53.8 Å². The van der Waals surface area contributed by atoms with Crippen LogP contribution in [0.1, 0.15) is 5.82 Å². The second-order valence-corrected chi connectivity index (χ2v) is 5.87. The van der Waals surface area contributed by atoms with Gasteiger partial charge in [-0.15, -0.1) is 0 Å². The van der Waals surface area contributed by atoms with Gasteiger partial charge in [0.25, 0.3) is 0 Å². The summed E-state index contributed by atoms with van der Waals surface area (Å²) in [5.74, 6) is 0.963. The summed E-state index contributed by atoms with van der Waals surface area (Å²) in [5.41, 5.74) is 3.30. The number of thiazole rings is 1. The van der Waals surface area contributed by atoms with Gasteiger partial charge in [0, 0.05) is 6.20 Å². The van der Waals surface area contributed by atoms with Crippen LogP contribution in [0.4, 0.5) is 0 Å². The lowest BCUT2D eigenvalue weighted by molar-refractivity contribution is 0.985. The number of imidazole rings is 1. The van der Waals surface area contributed by atoms with Gasteiger partial charge < -0.3 is 0 Å². The Balaban J connectivity index is 1.87. The van der Waals surface area contributed by atoms with Crippen molar-refractivity contribution in [1.82, 2.24) is 14.5 Å². The molecule has 4 aromatic rings. The Morgan fingerprint density at radius 1 is 0.952 bits per heavy atom. The van der Waals surface area contributed by atoms with E-state index in [1.165, 1.54) is 10.4 Å². The number of aryl methyl sites for hydroxylation is 1. The van der Waals surface area contributed by atoms with E-state index in [4.69, 9.17) is 0 Å². The van der Waals surface area contributed by atoms with Gasteiger partial charge in [-0.25, -0.2) is 9.97 Å². The molecule has 0 aliphatic carbocycles. The van der Waals surface area contributed by atoms with Gasteiger partial charge in [-0.2, -0.15) is 0 Å². The van der Waals surface area contributed by atoms with Crippen LogP contribution in [0.5, 0.6) is 0 Å². The van der Waals surface area contributed by atoms with Crippen LogP contribution in [0.25, 0.3) is 26.6 Å². The van der Waals surface area contributed by atoms with Gasteiger partial charge in [0.15, 0.2) is 5.13 Å². The molecule has 0 spiro atoms. The van der Waals surface area contributed by atoms with Crippen LogP contribution in [-0.4, -0.2) is 14.5 Å². The molecule has 4 heteroatoms. The average Bonchev–Trinajstić information content (AvgIpc) is 3.11. The lowest BCUT2D eigenvalue weighted by Crippen LogP contribution is -1.95. The SMILES string of the molecule is Cc1nc2ccccc2n1-c1ncc(-c2ccccc2)s1. The van der Waals surface area contributed by atoms with Crippen molar-refractivity contribution in [3.8, 4) is 15.6 Å². The fourth-order valence-corrected chi connectivity index (χ4v) is 3.48. The third-order valence-corrected chi connectivity index (χ3v) is 4.50. The van der Waals surface area contributed by atoms with Gasteiger partial charge in [-0.05, 0) is 24.6 Å². The minimum atomic E-state index is 0.958. The van der Waals surface area contributed by atoms with Crippen LogP contribution in [0, 0.1) is 6.92 Å². The molecule has 0 saturated heterocycles. The summed E-state index contributed by atoms with van der Waals surface area (Å²) in [5, 5.41) is 0.958. The maximum Gasteiger partial charge on any atom is 0.196 e. The van der Waals surface area contributed by atoms with Crippen molar-refractivity contribution in [2.75, 3.05) is 0 Å². The highest BCUT2D eigenvalue weighted by atomic mass is 32.1. The van der Waals surface area contributed by atoms with Gasteiger partial charge >= 0.3 is 0 Å². The van der Waals surface area contributed by atoms with Crippen molar-refractivity contribution >= 4 is 22.4 Å². The zero-order chi connectivity index (χ0) is 14.2. The highest BCUT2D eigenvalue weighted by molar-refractivity contribution is 7.17. The van der Waals surface area contributed by atoms with Gasteiger partial charge in [0.05, 0.1) is 15.9 Å². The molecular weight excluding hydrogens is 278 g/mol. The van der Waals surface area contributed by atoms with Gasteiger partial charge in [-0.3, -0.25) is 4.57 Å². The van der Waals surface area contributed by atoms with Gasteiger partial charge in [0.2, 0.25) is 0 Å². The van der Waals surface area contributed by atoms with E-state index in [-0.39, 0.29) is 0 Å². The molecule has 0 aliphatic heterocycles. The number of nitrogens with zero attached hydrogens (tertiary/aromatic N) is 3. The van der Waals surface area contributed by atoms with Crippen LogP contribution in [-0.2, 0) is 0 Å². The normalized spacial score (nSPS) is 11.1. The molecule has 0 atom stereocenters. The average molecular weight is 291 g/mol. The Kier molecular flexibility index (Phi) is 2.82. The first-order chi connectivity index (χ1) is 10.3. The number of hydrogen-bond donors (Lipinski definition) is 0. The van der Waals surface area contributed by atoms with Gasteiger partial charge in [0.1, 0.15) is 5.82 Å².